The second-order valence-electron chi connectivity index (χ2n) is 4.42. The second kappa shape index (κ2) is 3.63. The van der Waals surface area contributed by atoms with E-state index in [0.717, 1.165) is 11.8 Å². The van der Waals surface area contributed by atoms with Crippen molar-refractivity contribution < 1.29 is 0 Å². The van der Waals surface area contributed by atoms with Crippen LogP contribution in [0.2, 0.25) is 0 Å². The molecular weight excluding hydrogens is 192 g/mol. The average Bonchev–Trinajstić information content (AvgIpc) is 2.98. The lowest BCUT2D eigenvalue weighted by Gasteiger charge is -2.22. The fourth-order valence-electron chi connectivity index (χ4n) is 2.31. The second-order valence-corrected chi connectivity index (χ2v) is 5.31. The molecule has 1 atom stereocenters. The molecule has 2 fully saturated rings. The zero-order chi connectivity index (χ0) is 9.38. The molecule has 0 bridgehead atoms. The number of nitrogens with one attached hydrogen (secondary N) is 1. The smallest absolute Gasteiger partial charge is 0.0797 e. The molecule has 1 unspecified atom stereocenters. The van der Waals surface area contributed by atoms with E-state index in [4.69, 9.17) is 0 Å². The first kappa shape index (κ1) is 8.86. The van der Waals surface area contributed by atoms with E-state index in [0.29, 0.717) is 0 Å². The van der Waals surface area contributed by atoms with E-state index in [9.17, 15) is 0 Å². The third kappa shape index (κ3) is 1.59. The molecule has 2 heterocycles. The van der Waals surface area contributed by atoms with E-state index in [2.05, 4.69) is 10.3 Å². The Morgan fingerprint density at radius 2 is 2.21 bits per heavy atom. The Morgan fingerprint density at radius 3 is 2.93 bits per heavy atom. The van der Waals surface area contributed by atoms with Gasteiger partial charge in [-0.25, -0.2) is 4.98 Å². The van der Waals surface area contributed by atoms with Gasteiger partial charge in [0.1, 0.15) is 0 Å². The molecule has 14 heavy (non-hydrogen) atoms. The third-order valence-electron chi connectivity index (χ3n) is 3.26. The van der Waals surface area contributed by atoms with Gasteiger partial charge < -0.3 is 5.32 Å². The van der Waals surface area contributed by atoms with Crippen LogP contribution in [0.15, 0.2) is 5.51 Å². The van der Waals surface area contributed by atoms with Crippen LogP contribution in [0.1, 0.15) is 48.1 Å². The molecule has 1 aliphatic carbocycles. The van der Waals surface area contributed by atoms with E-state index in [1.54, 1.807) is 4.88 Å². The molecule has 1 aromatic rings. The lowest BCUT2D eigenvalue weighted by molar-refractivity contribution is 0.464. The van der Waals surface area contributed by atoms with Crippen molar-refractivity contribution in [2.24, 2.45) is 0 Å². The summed E-state index contributed by atoms with van der Waals surface area (Å²) in [6.07, 6.45) is 5.43. The SMILES string of the molecule is c1nc(C2CC2)c(C2CCCNC2)s1. The Bertz CT molecular complexity index is 311. The number of nitrogens with zero attached hydrogens (tertiary/aromatic N) is 1. The number of thiazole rings is 1. The van der Waals surface area contributed by atoms with Gasteiger partial charge in [-0.15, -0.1) is 11.3 Å². The highest BCUT2D eigenvalue weighted by atomic mass is 32.1. The first-order valence-corrected chi connectivity index (χ1v) is 6.47. The Labute approximate surface area is 88.7 Å². The van der Waals surface area contributed by atoms with Gasteiger partial charge in [0.2, 0.25) is 0 Å². The van der Waals surface area contributed by atoms with Crippen molar-refractivity contribution in [1.82, 2.24) is 10.3 Å². The Hall–Kier alpha value is -0.410. The first-order chi connectivity index (χ1) is 6.95. The molecule has 0 spiro atoms. The number of aromatic nitrogens is 1. The fraction of sp³-hybridized carbons (Fsp3) is 0.727. The van der Waals surface area contributed by atoms with E-state index >= 15 is 0 Å². The zero-order valence-corrected chi connectivity index (χ0v) is 9.15. The summed E-state index contributed by atoms with van der Waals surface area (Å²) < 4.78 is 0. The van der Waals surface area contributed by atoms with Crippen LogP contribution in [0.3, 0.4) is 0 Å². The fourth-order valence-corrected chi connectivity index (χ4v) is 3.32. The maximum absolute atomic E-state index is 4.54. The molecular formula is C11H16N2S. The van der Waals surface area contributed by atoms with Crippen LogP contribution in [0.5, 0.6) is 0 Å². The molecule has 3 rings (SSSR count). The molecule has 0 aromatic carbocycles. The maximum Gasteiger partial charge on any atom is 0.0797 e. The summed E-state index contributed by atoms with van der Waals surface area (Å²) in [4.78, 5) is 6.13. The lowest BCUT2D eigenvalue weighted by atomic mass is 9.96. The van der Waals surface area contributed by atoms with Gasteiger partial charge in [0.25, 0.3) is 0 Å². The van der Waals surface area contributed by atoms with Crippen LogP contribution in [0.25, 0.3) is 0 Å². The van der Waals surface area contributed by atoms with Crippen LogP contribution in [-0.4, -0.2) is 18.1 Å². The highest BCUT2D eigenvalue weighted by molar-refractivity contribution is 7.09. The van der Waals surface area contributed by atoms with Crippen LogP contribution < -0.4 is 5.32 Å². The van der Waals surface area contributed by atoms with Crippen molar-refractivity contribution in [3.63, 3.8) is 0 Å². The van der Waals surface area contributed by atoms with Crippen molar-refractivity contribution in [2.45, 2.75) is 37.5 Å². The standard InChI is InChI=1S/C11H16N2S/c1-2-9(6-12-5-1)11-10(8-3-4-8)13-7-14-11/h7-9,12H,1-6H2. The molecule has 2 aliphatic rings. The largest absolute Gasteiger partial charge is 0.316 e. The van der Waals surface area contributed by atoms with Crippen molar-refractivity contribution in [3.05, 3.63) is 16.1 Å². The molecule has 0 radical (unpaired) electrons. The normalized spacial score (nSPS) is 27.9. The number of hydrogen-bond donors (Lipinski definition) is 1. The van der Waals surface area contributed by atoms with Crippen LogP contribution >= 0.6 is 11.3 Å². The highest BCUT2D eigenvalue weighted by Crippen LogP contribution is 2.44. The van der Waals surface area contributed by atoms with Gasteiger partial charge in [-0.1, -0.05) is 0 Å². The third-order valence-corrected chi connectivity index (χ3v) is 4.26. The molecule has 76 valence electrons. The quantitative estimate of drug-likeness (QED) is 0.807. The van der Waals surface area contributed by atoms with Gasteiger partial charge in [-0.2, -0.15) is 0 Å². The lowest BCUT2D eigenvalue weighted by Crippen LogP contribution is -2.28. The van der Waals surface area contributed by atoms with E-state index < -0.39 is 0 Å². The average molecular weight is 208 g/mol. The summed E-state index contributed by atoms with van der Waals surface area (Å²) >= 11 is 1.87. The van der Waals surface area contributed by atoms with Crippen molar-refractivity contribution >= 4 is 11.3 Å². The highest BCUT2D eigenvalue weighted by Gasteiger charge is 2.31. The van der Waals surface area contributed by atoms with Gasteiger partial charge in [0.05, 0.1) is 11.2 Å². The molecule has 2 nitrogen and oxygen atoms in total. The van der Waals surface area contributed by atoms with Crippen molar-refractivity contribution in [2.75, 3.05) is 13.1 Å². The Kier molecular flexibility index (Phi) is 2.30. The van der Waals surface area contributed by atoms with Crippen molar-refractivity contribution in [3.8, 4) is 0 Å². The number of rotatable bonds is 2. The summed E-state index contributed by atoms with van der Waals surface area (Å²) in [5.41, 5.74) is 3.47. The predicted molar refractivity (Wildman–Crippen MR) is 58.9 cm³/mol. The molecule has 0 amide bonds. The summed E-state index contributed by atoms with van der Waals surface area (Å²) in [7, 11) is 0. The molecule has 3 heteroatoms. The van der Waals surface area contributed by atoms with Gasteiger partial charge >= 0.3 is 0 Å². The van der Waals surface area contributed by atoms with E-state index in [1.165, 1.54) is 44.5 Å². The minimum Gasteiger partial charge on any atom is -0.316 e. The number of hydrogen-bond acceptors (Lipinski definition) is 3. The summed E-state index contributed by atoms with van der Waals surface area (Å²) in [6, 6.07) is 0. The number of piperidine rings is 1. The molecule has 1 aliphatic heterocycles. The summed E-state index contributed by atoms with van der Waals surface area (Å²) in [5.74, 6) is 1.57. The van der Waals surface area contributed by atoms with Crippen molar-refractivity contribution in [1.29, 1.82) is 0 Å². The first-order valence-electron chi connectivity index (χ1n) is 5.59. The minimum absolute atomic E-state index is 0.756. The Morgan fingerprint density at radius 1 is 1.29 bits per heavy atom. The predicted octanol–water partition coefficient (Wildman–Crippen LogP) is 2.49. The van der Waals surface area contributed by atoms with Gasteiger partial charge in [-0.05, 0) is 32.2 Å². The summed E-state index contributed by atoms with van der Waals surface area (Å²) in [5, 5.41) is 3.49. The molecule has 1 aromatic heterocycles. The van der Waals surface area contributed by atoms with Gasteiger partial charge in [0, 0.05) is 23.3 Å². The van der Waals surface area contributed by atoms with E-state index in [-0.39, 0.29) is 0 Å². The summed E-state index contributed by atoms with van der Waals surface area (Å²) in [6.45, 7) is 2.37. The van der Waals surface area contributed by atoms with Crippen LogP contribution in [0, 0.1) is 0 Å². The van der Waals surface area contributed by atoms with Gasteiger partial charge in [0.15, 0.2) is 0 Å². The molecule has 1 saturated heterocycles. The molecule has 1 N–H and O–H groups in total. The monoisotopic (exact) mass is 208 g/mol. The maximum atomic E-state index is 4.54. The topological polar surface area (TPSA) is 24.9 Å². The minimum atomic E-state index is 0.756. The van der Waals surface area contributed by atoms with E-state index in [1.807, 2.05) is 16.8 Å². The Balaban J connectivity index is 1.82. The molecule has 1 saturated carbocycles. The zero-order valence-electron chi connectivity index (χ0n) is 8.33. The van der Waals surface area contributed by atoms with Crippen LogP contribution in [0.4, 0.5) is 0 Å². The van der Waals surface area contributed by atoms with Gasteiger partial charge in [-0.3, -0.25) is 0 Å². The van der Waals surface area contributed by atoms with Crippen LogP contribution in [-0.2, 0) is 0 Å².